The highest BCUT2D eigenvalue weighted by Gasteiger charge is 2.57. The maximum atomic E-state index is 11.6. The van der Waals surface area contributed by atoms with E-state index in [1.165, 1.54) is 0 Å². The van der Waals surface area contributed by atoms with Crippen LogP contribution in [0.4, 0.5) is 0 Å². The number of allylic oxidation sites excluding steroid dienone is 2. The average Bonchev–Trinajstić information content (AvgIpc) is 2.36. The van der Waals surface area contributed by atoms with Crippen molar-refractivity contribution in [1.82, 2.24) is 0 Å². The zero-order valence-corrected chi connectivity index (χ0v) is 11.4. The first kappa shape index (κ1) is 14.0. The average molecular weight is 264 g/mol. The van der Waals surface area contributed by atoms with Crippen molar-refractivity contribution in [2.24, 2.45) is 22.7 Å². The molecule has 4 heteroatoms. The molecule has 19 heavy (non-hydrogen) atoms. The normalized spacial score (nSPS) is 41.9. The molecule has 0 heterocycles. The molecule has 2 aliphatic carbocycles. The number of aliphatic carboxylic acids is 1. The van der Waals surface area contributed by atoms with Crippen molar-refractivity contribution in [3.63, 3.8) is 0 Å². The fourth-order valence-corrected chi connectivity index (χ4v) is 4.19. The second-order valence-electron chi connectivity index (χ2n) is 6.31. The smallest absolute Gasteiger partial charge is 0.309 e. The maximum Gasteiger partial charge on any atom is 0.309 e. The Hall–Kier alpha value is -1.45. The van der Waals surface area contributed by atoms with Gasteiger partial charge in [-0.15, -0.1) is 0 Å². The van der Waals surface area contributed by atoms with E-state index in [0.717, 1.165) is 25.4 Å². The highest BCUT2D eigenvalue weighted by molar-refractivity contribution is 5.83. The number of carbonyl (C=O) groups is 3. The monoisotopic (exact) mass is 264 g/mol. The number of hydrogen-bond donors (Lipinski definition) is 1. The largest absolute Gasteiger partial charge is 0.481 e. The van der Waals surface area contributed by atoms with Crippen molar-refractivity contribution in [2.75, 3.05) is 0 Å². The van der Waals surface area contributed by atoms with Gasteiger partial charge < -0.3 is 9.90 Å². The SMILES string of the molecule is CC1(C(=O)O)CCCC2(C)C(C=O)C(C=O)=CCC12. The van der Waals surface area contributed by atoms with Gasteiger partial charge in [-0.05, 0) is 43.1 Å². The lowest BCUT2D eigenvalue weighted by Gasteiger charge is -2.54. The number of carboxylic acid groups (broad SMARTS) is 1. The van der Waals surface area contributed by atoms with E-state index in [0.29, 0.717) is 18.4 Å². The Morgan fingerprint density at radius 3 is 2.58 bits per heavy atom. The summed E-state index contributed by atoms with van der Waals surface area (Å²) in [6, 6.07) is 0. The zero-order chi connectivity index (χ0) is 14.3. The molecular weight excluding hydrogens is 244 g/mol. The molecule has 2 aliphatic rings. The summed E-state index contributed by atoms with van der Waals surface area (Å²) in [5, 5.41) is 9.55. The van der Waals surface area contributed by atoms with Crippen molar-refractivity contribution in [2.45, 2.75) is 39.5 Å². The van der Waals surface area contributed by atoms with E-state index in [2.05, 4.69) is 0 Å². The first-order valence-corrected chi connectivity index (χ1v) is 6.74. The highest BCUT2D eigenvalue weighted by Crippen LogP contribution is 2.59. The number of rotatable bonds is 3. The van der Waals surface area contributed by atoms with Crippen LogP contribution in [0, 0.1) is 22.7 Å². The summed E-state index contributed by atoms with van der Waals surface area (Å²) in [5.41, 5.74) is -0.708. The Kier molecular flexibility index (Phi) is 3.37. The quantitative estimate of drug-likeness (QED) is 0.793. The third kappa shape index (κ3) is 1.85. The number of fused-ring (bicyclic) bond motifs is 1. The summed E-state index contributed by atoms with van der Waals surface area (Å²) >= 11 is 0. The number of carbonyl (C=O) groups excluding carboxylic acids is 2. The molecule has 0 aromatic heterocycles. The predicted molar refractivity (Wildman–Crippen MR) is 69.5 cm³/mol. The zero-order valence-electron chi connectivity index (χ0n) is 11.4. The lowest BCUT2D eigenvalue weighted by atomic mass is 9.48. The van der Waals surface area contributed by atoms with Crippen LogP contribution in [0.25, 0.3) is 0 Å². The van der Waals surface area contributed by atoms with Crippen molar-refractivity contribution < 1.29 is 19.5 Å². The molecule has 4 nitrogen and oxygen atoms in total. The van der Waals surface area contributed by atoms with Gasteiger partial charge in [-0.25, -0.2) is 0 Å². The number of aldehydes is 2. The predicted octanol–water partition coefficient (Wildman–Crippen LogP) is 2.23. The van der Waals surface area contributed by atoms with Gasteiger partial charge >= 0.3 is 5.97 Å². The molecule has 4 atom stereocenters. The van der Waals surface area contributed by atoms with Crippen LogP contribution in [0.15, 0.2) is 11.6 Å². The van der Waals surface area contributed by atoms with E-state index in [1.54, 1.807) is 13.0 Å². The van der Waals surface area contributed by atoms with Crippen molar-refractivity contribution in [1.29, 1.82) is 0 Å². The first-order chi connectivity index (χ1) is 8.90. The Morgan fingerprint density at radius 2 is 2.05 bits per heavy atom. The third-order valence-corrected chi connectivity index (χ3v) is 5.40. The molecule has 1 saturated carbocycles. The molecule has 1 fully saturated rings. The van der Waals surface area contributed by atoms with Gasteiger partial charge in [0.1, 0.15) is 12.6 Å². The Labute approximate surface area is 112 Å². The Bertz CT molecular complexity index is 453. The highest BCUT2D eigenvalue weighted by atomic mass is 16.4. The van der Waals surface area contributed by atoms with Crippen LogP contribution in [-0.4, -0.2) is 23.6 Å². The molecule has 4 unspecified atom stereocenters. The summed E-state index contributed by atoms with van der Waals surface area (Å²) in [5.74, 6) is -1.36. The number of carboxylic acids is 1. The van der Waals surface area contributed by atoms with Crippen LogP contribution in [0.3, 0.4) is 0 Å². The van der Waals surface area contributed by atoms with Gasteiger partial charge in [0, 0.05) is 5.92 Å². The molecule has 0 aromatic carbocycles. The van der Waals surface area contributed by atoms with Gasteiger partial charge in [0.15, 0.2) is 0 Å². The molecule has 0 aromatic rings. The summed E-state index contributed by atoms with van der Waals surface area (Å²) < 4.78 is 0. The van der Waals surface area contributed by atoms with E-state index in [-0.39, 0.29) is 5.92 Å². The van der Waals surface area contributed by atoms with Crippen molar-refractivity contribution >= 4 is 18.5 Å². The van der Waals surface area contributed by atoms with E-state index < -0.39 is 22.7 Å². The summed E-state index contributed by atoms with van der Waals surface area (Å²) in [6.07, 6.45) is 6.11. The maximum absolute atomic E-state index is 11.6. The second kappa shape index (κ2) is 4.58. The van der Waals surface area contributed by atoms with Gasteiger partial charge in [-0.2, -0.15) is 0 Å². The number of hydrogen-bond acceptors (Lipinski definition) is 3. The van der Waals surface area contributed by atoms with E-state index >= 15 is 0 Å². The molecule has 1 N–H and O–H groups in total. The van der Waals surface area contributed by atoms with Crippen LogP contribution in [0.5, 0.6) is 0 Å². The van der Waals surface area contributed by atoms with Crippen LogP contribution in [0.1, 0.15) is 39.5 Å². The van der Waals surface area contributed by atoms with Gasteiger partial charge in [0.2, 0.25) is 0 Å². The summed E-state index contributed by atoms with van der Waals surface area (Å²) in [4.78, 5) is 34.2. The summed E-state index contributed by atoms with van der Waals surface area (Å²) in [6.45, 7) is 3.74. The van der Waals surface area contributed by atoms with E-state index in [1.807, 2.05) is 6.92 Å². The lowest BCUT2D eigenvalue weighted by molar-refractivity contribution is -0.163. The molecule has 0 amide bonds. The topological polar surface area (TPSA) is 71.4 Å². The molecule has 0 spiro atoms. The van der Waals surface area contributed by atoms with Crippen molar-refractivity contribution in [3.05, 3.63) is 11.6 Å². The molecule has 0 radical (unpaired) electrons. The molecule has 2 rings (SSSR count). The standard InChI is InChI=1S/C15H20O4/c1-14-6-3-7-15(2,13(18)19)12(14)5-4-10(8-16)11(14)9-17/h4,8-9,11-12H,3,5-7H2,1-2H3,(H,18,19). The van der Waals surface area contributed by atoms with Crippen LogP contribution in [-0.2, 0) is 14.4 Å². The summed E-state index contributed by atoms with van der Waals surface area (Å²) in [7, 11) is 0. The second-order valence-corrected chi connectivity index (χ2v) is 6.31. The van der Waals surface area contributed by atoms with Gasteiger partial charge in [-0.1, -0.05) is 19.4 Å². The van der Waals surface area contributed by atoms with Crippen molar-refractivity contribution in [3.8, 4) is 0 Å². The molecule has 104 valence electrons. The van der Waals surface area contributed by atoms with Gasteiger partial charge in [0.25, 0.3) is 0 Å². The fourth-order valence-electron chi connectivity index (χ4n) is 4.19. The molecule has 0 saturated heterocycles. The molecule has 0 aliphatic heterocycles. The Balaban J connectivity index is 2.51. The minimum Gasteiger partial charge on any atom is -0.481 e. The minimum atomic E-state index is -0.806. The molecule has 0 bridgehead atoms. The van der Waals surface area contributed by atoms with Crippen LogP contribution in [0.2, 0.25) is 0 Å². The third-order valence-electron chi connectivity index (χ3n) is 5.40. The molecular formula is C15H20O4. The van der Waals surface area contributed by atoms with E-state index in [9.17, 15) is 19.5 Å². The van der Waals surface area contributed by atoms with Gasteiger partial charge in [0.05, 0.1) is 5.41 Å². The van der Waals surface area contributed by atoms with Gasteiger partial charge in [-0.3, -0.25) is 9.59 Å². The minimum absolute atomic E-state index is 0.0925. The fraction of sp³-hybridized carbons (Fsp3) is 0.667. The lowest BCUT2D eigenvalue weighted by Crippen LogP contribution is -2.53. The Morgan fingerprint density at radius 1 is 1.37 bits per heavy atom. The first-order valence-electron chi connectivity index (χ1n) is 6.74. The van der Waals surface area contributed by atoms with Crippen LogP contribution >= 0.6 is 0 Å². The van der Waals surface area contributed by atoms with Crippen LogP contribution < -0.4 is 0 Å². The van der Waals surface area contributed by atoms with E-state index in [4.69, 9.17) is 0 Å².